The molecule has 0 radical (unpaired) electrons. The van der Waals surface area contributed by atoms with E-state index in [2.05, 4.69) is 9.47 Å². The molecule has 0 spiro atoms. The summed E-state index contributed by atoms with van der Waals surface area (Å²) in [5.41, 5.74) is -0.453. The van der Waals surface area contributed by atoms with Gasteiger partial charge in [0, 0.05) is 0 Å². The Balaban J connectivity index is 1.78. The highest BCUT2D eigenvalue weighted by molar-refractivity contribution is 5.65. The lowest BCUT2D eigenvalue weighted by atomic mass is 10.0. The molecule has 0 amide bonds. The van der Waals surface area contributed by atoms with Crippen LogP contribution in [0.25, 0.3) is 11.1 Å². The van der Waals surface area contributed by atoms with E-state index in [1.54, 1.807) is 0 Å². The van der Waals surface area contributed by atoms with Crippen LogP contribution in [-0.4, -0.2) is 6.36 Å². The molecule has 0 atom stereocenters. The fraction of sp³-hybridized carbons (Fsp3) is 0.250. The molecular weight excluding hydrogens is 472 g/mol. The first-order valence-electron chi connectivity index (χ1n) is 10.1. The Labute approximate surface area is 189 Å². The SMILES string of the molecule is CCCCc1ccc(C(F)(F)Oc2ccc(-c3cc(F)c(OC(F)(F)F)c(F)c3)cc2)c(F)c1. The van der Waals surface area contributed by atoms with Crippen molar-refractivity contribution in [2.24, 2.45) is 0 Å². The summed E-state index contributed by atoms with van der Waals surface area (Å²) in [4.78, 5) is 0. The fourth-order valence-electron chi connectivity index (χ4n) is 3.19. The largest absolute Gasteiger partial charge is 0.573 e. The molecule has 3 aromatic carbocycles. The van der Waals surface area contributed by atoms with Crippen molar-refractivity contribution < 1.29 is 44.6 Å². The van der Waals surface area contributed by atoms with Gasteiger partial charge in [0.1, 0.15) is 11.6 Å². The van der Waals surface area contributed by atoms with Crippen molar-refractivity contribution in [1.29, 1.82) is 0 Å². The van der Waals surface area contributed by atoms with Crippen LogP contribution in [0.2, 0.25) is 0 Å². The van der Waals surface area contributed by atoms with E-state index in [0.29, 0.717) is 24.1 Å². The lowest BCUT2D eigenvalue weighted by molar-refractivity contribution is -0.276. The molecule has 182 valence electrons. The van der Waals surface area contributed by atoms with Crippen molar-refractivity contribution in [3.63, 3.8) is 0 Å². The van der Waals surface area contributed by atoms with Crippen LogP contribution in [0, 0.1) is 17.5 Å². The molecule has 0 aliphatic carbocycles. The third-order valence-electron chi connectivity index (χ3n) is 4.82. The molecule has 3 aromatic rings. The number of hydrogen-bond donors (Lipinski definition) is 0. The van der Waals surface area contributed by atoms with Gasteiger partial charge in [-0.05, 0) is 65.9 Å². The quantitative estimate of drug-likeness (QED) is 0.297. The molecule has 0 heterocycles. The second-order valence-electron chi connectivity index (χ2n) is 7.38. The van der Waals surface area contributed by atoms with Crippen molar-refractivity contribution in [1.82, 2.24) is 0 Å². The number of hydrogen-bond acceptors (Lipinski definition) is 2. The van der Waals surface area contributed by atoms with Crippen molar-refractivity contribution >= 4 is 0 Å². The van der Waals surface area contributed by atoms with E-state index in [1.807, 2.05) is 6.92 Å². The Hall–Kier alpha value is -3.30. The lowest BCUT2D eigenvalue weighted by Crippen LogP contribution is -2.23. The summed E-state index contributed by atoms with van der Waals surface area (Å²) in [5, 5.41) is 0. The van der Waals surface area contributed by atoms with E-state index in [9.17, 15) is 35.1 Å². The van der Waals surface area contributed by atoms with Gasteiger partial charge >= 0.3 is 12.5 Å². The standard InChI is InChI=1S/C24H18F8O2/c1-2-3-4-14-5-10-18(19(25)11-14)23(28,29)33-17-8-6-15(7-9-17)16-12-20(26)22(21(27)13-16)34-24(30,31)32/h5-13H,2-4H2,1H3. The van der Waals surface area contributed by atoms with Gasteiger partial charge in [0.15, 0.2) is 11.6 Å². The number of alkyl halides is 5. The molecule has 0 fully saturated rings. The van der Waals surface area contributed by atoms with Crippen LogP contribution < -0.4 is 9.47 Å². The first-order valence-corrected chi connectivity index (χ1v) is 10.1. The number of benzene rings is 3. The Bertz CT molecular complexity index is 1120. The average molecular weight is 490 g/mol. The smallest absolute Gasteiger partial charge is 0.429 e. The number of rotatable bonds is 8. The topological polar surface area (TPSA) is 18.5 Å². The molecular formula is C24H18F8O2. The maximum atomic E-state index is 14.5. The molecule has 34 heavy (non-hydrogen) atoms. The van der Waals surface area contributed by atoms with Gasteiger partial charge in [0.2, 0.25) is 5.75 Å². The molecule has 0 bridgehead atoms. The van der Waals surface area contributed by atoms with Crippen molar-refractivity contribution in [3.8, 4) is 22.6 Å². The minimum atomic E-state index is -5.29. The summed E-state index contributed by atoms with van der Waals surface area (Å²) in [6, 6.07) is 8.99. The van der Waals surface area contributed by atoms with Gasteiger partial charge in [-0.2, -0.15) is 8.78 Å². The van der Waals surface area contributed by atoms with Crippen LogP contribution in [-0.2, 0) is 12.5 Å². The fourth-order valence-corrected chi connectivity index (χ4v) is 3.19. The summed E-state index contributed by atoms with van der Waals surface area (Å²) in [6.45, 7) is 1.95. The van der Waals surface area contributed by atoms with Gasteiger partial charge < -0.3 is 9.47 Å². The van der Waals surface area contributed by atoms with E-state index in [0.717, 1.165) is 49.2 Å². The minimum absolute atomic E-state index is 0.0958. The van der Waals surface area contributed by atoms with Crippen LogP contribution in [0.3, 0.4) is 0 Å². The van der Waals surface area contributed by atoms with Crippen LogP contribution in [0.4, 0.5) is 35.1 Å². The van der Waals surface area contributed by atoms with Gasteiger partial charge in [-0.15, -0.1) is 13.2 Å². The molecule has 0 aromatic heterocycles. The summed E-state index contributed by atoms with van der Waals surface area (Å²) in [6.07, 6.45) is -7.11. The van der Waals surface area contributed by atoms with E-state index >= 15 is 0 Å². The third kappa shape index (κ3) is 6.18. The zero-order chi connectivity index (χ0) is 25.1. The number of aryl methyl sites for hydroxylation is 1. The van der Waals surface area contributed by atoms with Gasteiger partial charge in [0.25, 0.3) is 0 Å². The third-order valence-corrected chi connectivity index (χ3v) is 4.82. The molecule has 0 aliphatic heterocycles. The Kier molecular flexibility index (Phi) is 7.38. The Morgan fingerprint density at radius 2 is 1.32 bits per heavy atom. The molecule has 0 saturated heterocycles. The Morgan fingerprint density at radius 3 is 1.85 bits per heavy atom. The summed E-state index contributed by atoms with van der Waals surface area (Å²) < 4.78 is 116. The van der Waals surface area contributed by atoms with E-state index in [1.165, 1.54) is 6.07 Å². The van der Waals surface area contributed by atoms with Gasteiger partial charge in [-0.3, -0.25) is 0 Å². The molecule has 0 saturated carbocycles. The molecule has 0 unspecified atom stereocenters. The first kappa shape index (κ1) is 25.3. The van der Waals surface area contributed by atoms with Crippen LogP contribution in [0.5, 0.6) is 11.5 Å². The predicted octanol–water partition coefficient (Wildman–Crippen LogP) is 8.14. The van der Waals surface area contributed by atoms with Crippen LogP contribution in [0.15, 0.2) is 54.6 Å². The molecule has 0 N–H and O–H groups in total. The van der Waals surface area contributed by atoms with Crippen molar-refractivity contribution in [2.45, 2.75) is 38.7 Å². The summed E-state index contributed by atoms with van der Waals surface area (Å²) >= 11 is 0. The monoisotopic (exact) mass is 490 g/mol. The number of halogens is 8. The van der Waals surface area contributed by atoms with Crippen molar-refractivity contribution in [2.75, 3.05) is 0 Å². The summed E-state index contributed by atoms with van der Waals surface area (Å²) in [7, 11) is 0. The number of unbranched alkanes of at least 4 members (excludes halogenated alkanes) is 1. The normalized spacial score (nSPS) is 12.0. The van der Waals surface area contributed by atoms with E-state index < -0.39 is 41.2 Å². The van der Waals surface area contributed by atoms with E-state index in [-0.39, 0.29) is 16.9 Å². The second kappa shape index (κ2) is 9.90. The van der Waals surface area contributed by atoms with Crippen LogP contribution in [0.1, 0.15) is 30.9 Å². The molecule has 0 aliphatic rings. The highest BCUT2D eigenvalue weighted by Gasteiger charge is 2.38. The van der Waals surface area contributed by atoms with Gasteiger partial charge in [-0.25, -0.2) is 13.2 Å². The zero-order valence-corrected chi connectivity index (χ0v) is 17.7. The van der Waals surface area contributed by atoms with E-state index in [4.69, 9.17) is 0 Å². The highest BCUT2D eigenvalue weighted by Crippen LogP contribution is 2.36. The first-order chi connectivity index (χ1) is 15.9. The molecule has 2 nitrogen and oxygen atoms in total. The molecule has 10 heteroatoms. The maximum absolute atomic E-state index is 14.5. The van der Waals surface area contributed by atoms with Crippen LogP contribution >= 0.6 is 0 Å². The Morgan fingerprint density at radius 1 is 0.706 bits per heavy atom. The number of ether oxygens (including phenoxy) is 2. The highest BCUT2D eigenvalue weighted by atomic mass is 19.4. The van der Waals surface area contributed by atoms with Crippen molar-refractivity contribution in [3.05, 3.63) is 83.2 Å². The second-order valence-corrected chi connectivity index (χ2v) is 7.38. The zero-order valence-electron chi connectivity index (χ0n) is 17.7. The minimum Gasteiger partial charge on any atom is -0.429 e. The van der Waals surface area contributed by atoms with Gasteiger partial charge in [-0.1, -0.05) is 31.5 Å². The van der Waals surface area contributed by atoms with Gasteiger partial charge in [0.05, 0.1) is 5.56 Å². The maximum Gasteiger partial charge on any atom is 0.573 e. The summed E-state index contributed by atoms with van der Waals surface area (Å²) in [5.74, 6) is -6.31. The average Bonchev–Trinajstić information content (AvgIpc) is 2.74. The molecule has 3 rings (SSSR count). The lowest BCUT2D eigenvalue weighted by Gasteiger charge is -2.19. The predicted molar refractivity (Wildman–Crippen MR) is 108 cm³/mol.